The van der Waals surface area contributed by atoms with Gasteiger partial charge in [-0.25, -0.2) is 4.98 Å². The predicted octanol–water partition coefficient (Wildman–Crippen LogP) is 7.90. The summed E-state index contributed by atoms with van der Waals surface area (Å²) in [6, 6.07) is 32.5. The summed E-state index contributed by atoms with van der Waals surface area (Å²) < 4.78 is 1.75. The molecule has 9 aromatic rings. The number of para-hydroxylation sites is 3. The standard InChI is InChI=1S/C37H17N3O2/c41-35-23-14-10-18-19-11-15-24-32-25(37(42)40-28-8-4-3-7-27(28)39-36(24)40)16-12-20(30(19)32)17-9-13-22(31(23)29(17)18)34-33(35)21-5-1-2-6-26(21)38-34/h1-16,33H. The number of fused-ring (bicyclic) bond motifs is 10. The third kappa shape index (κ3) is 2.18. The molecule has 1 aliphatic carbocycles. The van der Waals surface area contributed by atoms with Crippen LogP contribution in [-0.2, 0) is 0 Å². The molecule has 0 amide bonds. The van der Waals surface area contributed by atoms with Crippen molar-refractivity contribution in [2.75, 3.05) is 0 Å². The van der Waals surface area contributed by atoms with Crippen molar-refractivity contribution in [2.45, 2.75) is 5.92 Å². The van der Waals surface area contributed by atoms with Crippen LogP contribution in [0.1, 0.15) is 27.4 Å². The van der Waals surface area contributed by atoms with E-state index in [4.69, 9.17) is 9.98 Å². The Morgan fingerprint density at radius 1 is 0.571 bits per heavy atom. The molecule has 1 unspecified atom stereocenters. The number of Topliss-reactive ketones (excluding diaryl/α,β-unsaturated/α-hetero) is 1. The van der Waals surface area contributed by atoms with E-state index in [1.807, 2.05) is 60.7 Å². The van der Waals surface area contributed by atoms with Crippen LogP contribution < -0.4 is 5.56 Å². The molecule has 11 rings (SSSR count). The van der Waals surface area contributed by atoms with Crippen LogP contribution in [0.2, 0.25) is 0 Å². The fraction of sp³-hybridized carbons (Fsp3) is 0.0270. The third-order valence-corrected chi connectivity index (χ3v) is 9.70. The summed E-state index contributed by atoms with van der Waals surface area (Å²) in [5, 5.41) is 10.0. The van der Waals surface area contributed by atoms with Crippen LogP contribution in [0.4, 0.5) is 5.69 Å². The Balaban J connectivity index is 1.33. The van der Waals surface area contributed by atoms with Gasteiger partial charge in [-0.1, -0.05) is 66.7 Å². The molecule has 0 saturated carbocycles. The van der Waals surface area contributed by atoms with Gasteiger partial charge in [0.25, 0.3) is 5.56 Å². The molecular formula is C37H17N3O2. The van der Waals surface area contributed by atoms with E-state index >= 15 is 0 Å². The summed E-state index contributed by atoms with van der Waals surface area (Å²) in [6.07, 6.45) is 0. The summed E-state index contributed by atoms with van der Waals surface area (Å²) in [4.78, 5) is 37.9. The lowest BCUT2D eigenvalue weighted by Crippen LogP contribution is -2.25. The summed E-state index contributed by atoms with van der Waals surface area (Å²) in [5.74, 6) is -0.254. The van der Waals surface area contributed by atoms with Crippen molar-refractivity contribution in [1.82, 2.24) is 9.38 Å². The van der Waals surface area contributed by atoms with Crippen LogP contribution in [0.15, 0.2) is 107 Å². The van der Waals surface area contributed by atoms with Crippen LogP contribution in [0.25, 0.3) is 70.5 Å². The second-order valence-electron chi connectivity index (χ2n) is 11.6. The van der Waals surface area contributed by atoms with Crippen LogP contribution in [0.3, 0.4) is 0 Å². The highest BCUT2D eigenvalue weighted by Crippen LogP contribution is 2.50. The minimum Gasteiger partial charge on any atom is -0.293 e. The zero-order valence-corrected chi connectivity index (χ0v) is 22.0. The molecule has 1 aliphatic heterocycles. The fourth-order valence-electron chi connectivity index (χ4n) is 8.02. The molecule has 5 heteroatoms. The molecule has 3 heterocycles. The zero-order valence-electron chi connectivity index (χ0n) is 22.0. The van der Waals surface area contributed by atoms with Gasteiger partial charge in [0.15, 0.2) is 5.78 Å². The van der Waals surface area contributed by atoms with Gasteiger partial charge in [-0.15, -0.1) is 0 Å². The normalized spacial score (nSPS) is 16.1. The topological polar surface area (TPSA) is 63.8 Å². The van der Waals surface area contributed by atoms with E-state index in [-0.39, 0.29) is 17.3 Å². The zero-order chi connectivity index (χ0) is 27.4. The van der Waals surface area contributed by atoms with E-state index < -0.39 is 0 Å². The quantitative estimate of drug-likeness (QED) is 0.146. The number of pyridine rings is 1. The van der Waals surface area contributed by atoms with E-state index in [9.17, 15) is 9.59 Å². The first-order valence-electron chi connectivity index (χ1n) is 14.1. The highest BCUT2D eigenvalue weighted by molar-refractivity contribution is 6.43. The number of aromatic nitrogens is 2. The number of hydrogen-bond acceptors (Lipinski definition) is 4. The molecule has 0 saturated heterocycles. The van der Waals surface area contributed by atoms with Crippen LogP contribution in [0.5, 0.6) is 0 Å². The van der Waals surface area contributed by atoms with Gasteiger partial charge in [-0.3, -0.25) is 19.0 Å². The second kappa shape index (κ2) is 6.78. The lowest BCUT2D eigenvalue weighted by atomic mass is 9.75. The summed E-state index contributed by atoms with van der Waals surface area (Å²) >= 11 is 0. The van der Waals surface area contributed by atoms with Crippen LogP contribution in [0, 0.1) is 0 Å². The molecule has 0 fully saturated rings. The maximum absolute atomic E-state index is 14.0. The monoisotopic (exact) mass is 535 g/mol. The van der Waals surface area contributed by atoms with E-state index in [2.05, 4.69) is 36.4 Å². The van der Waals surface area contributed by atoms with E-state index in [1.54, 1.807) is 4.40 Å². The van der Waals surface area contributed by atoms with Crippen molar-refractivity contribution in [1.29, 1.82) is 0 Å². The lowest BCUT2D eigenvalue weighted by molar-refractivity contribution is 0.0984. The molecule has 42 heavy (non-hydrogen) atoms. The van der Waals surface area contributed by atoms with E-state index in [0.717, 1.165) is 87.6 Å². The van der Waals surface area contributed by atoms with Crippen molar-refractivity contribution in [2.24, 2.45) is 4.99 Å². The van der Waals surface area contributed by atoms with Gasteiger partial charge < -0.3 is 0 Å². The van der Waals surface area contributed by atoms with Crippen molar-refractivity contribution in [3.05, 3.63) is 124 Å². The van der Waals surface area contributed by atoms with Crippen molar-refractivity contribution < 1.29 is 4.79 Å². The smallest absolute Gasteiger partial charge is 0.264 e. The fourth-order valence-corrected chi connectivity index (χ4v) is 8.02. The summed E-state index contributed by atoms with van der Waals surface area (Å²) in [7, 11) is 0. The van der Waals surface area contributed by atoms with Gasteiger partial charge in [0.05, 0.1) is 28.4 Å². The van der Waals surface area contributed by atoms with Crippen LogP contribution in [-0.4, -0.2) is 20.9 Å². The molecule has 0 N–H and O–H groups in total. The Bertz CT molecular complexity index is 2820. The summed E-state index contributed by atoms with van der Waals surface area (Å²) in [6.45, 7) is 0. The average molecular weight is 536 g/mol. The number of aliphatic imine (C=N–C) groups is 1. The first kappa shape index (κ1) is 21.1. The Morgan fingerprint density at radius 3 is 2.02 bits per heavy atom. The number of carbonyl (C=O) groups is 1. The van der Waals surface area contributed by atoms with Gasteiger partial charge in [-0.2, -0.15) is 0 Å². The molecule has 0 spiro atoms. The molecule has 0 bridgehead atoms. The lowest BCUT2D eigenvalue weighted by Gasteiger charge is -2.25. The number of benzene rings is 7. The van der Waals surface area contributed by atoms with E-state index in [0.29, 0.717) is 11.0 Å². The van der Waals surface area contributed by atoms with Crippen molar-refractivity contribution in [3.63, 3.8) is 0 Å². The largest absolute Gasteiger partial charge is 0.293 e. The first-order valence-corrected chi connectivity index (χ1v) is 14.1. The second-order valence-corrected chi connectivity index (χ2v) is 11.6. The van der Waals surface area contributed by atoms with Crippen molar-refractivity contribution >= 4 is 87.7 Å². The number of ketones is 1. The molecule has 2 aromatic heterocycles. The maximum atomic E-state index is 14.0. The van der Waals surface area contributed by atoms with Gasteiger partial charge in [0.1, 0.15) is 5.65 Å². The Labute approximate surface area is 236 Å². The maximum Gasteiger partial charge on any atom is 0.264 e. The minimum absolute atomic E-state index is 0.0543. The Kier molecular flexibility index (Phi) is 3.41. The number of nitrogens with zero attached hydrogens (tertiary/aromatic N) is 3. The Morgan fingerprint density at radius 2 is 1.19 bits per heavy atom. The van der Waals surface area contributed by atoms with Crippen molar-refractivity contribution in [3.8, 4) is 0 Å². The minimum atomic E-state index is -0.361. The molecular weight excluding hydrogens is 518 g/mol. The molecule has 2 aliphatic rings. The molecule has 1 atom stereocenters. The average Bonchev–Trinajstić information content (AvgIpc) is 3.61. The SMILES string of the molecule is O=C1c2ccc3c4ccc5c6c(ccc(c7ccc(c2c73)C2=Nc3ccccc3C12)c46)c(=O)n1c2ccccc2nc51. The summed E-state index contributed by atoms with van der Waals surface area (Å²) in [5.41, 5.74) is 6.75. The third-order valence-electron chi connectivity index (χ3n) is 9.70. The molecule has 5 nitrogen and oxygen atoms in total. The molecule has 7 aromatic carbocycles. The number of carbonyl (C=O) groups excluding carboxylic acids is 1. The van der Waals surface area contributed by atoms with Gasteiger partial charge in [-0.05, 0) is 68.2 Å². The number of hydrogen-bond donors (Lipinski definition) is 0. The molecule has 0 radical (unpaired) electrons. The van der Waals surface area contributed by atoms with Crippen LogP contribution >= 0.6 is 0 Å². The predicted molar refractivity (Wildman–Crippen MR) is 169 cm³/mol. The molecule has 192 valence electrons. The van der Waals surface area contributed by atoms with Gasteiger partial charge in [0.2, 0.25) is 0 Å². The number of rotatable bonds is 0. The highest BCUT2D eigenvalue weighted by atomic mass is 16.1. The van der Waals surface area contributed by atoms with Gasteiger partial charge in [0, 0.05) is 32.7 Å². The number of imidazole rings is 1. The Hall–Kier alpha value is -5.68. The van der Waals surface area contributed by atoms with E-state index in [1.165, 1.54) is 0 Å². The first-order chi connectivity index (χ1) is 20.7. The van der Waals surface area contributed by atoms with Gasteiger partial charge >= 0.3 is 0 Å². The highest BCUT2D eigenvalue weighted by Gasteiger charge is 2.40.